The minimum absolute atomic E-state index is 0.0885. The van der Waals surface area contributed by atoms with Crippen molar-refractivity contribution in [1.82, 2.24) is 14.9 Å². The van der Waals surface area contributed by atoms with Gasteiger partial charge in [-0.1, -0.05) is 41.9 Å². The molecule has 2 aromatic rings. The van der Waals surface area contributed by atoms with Crippen molar-refractivity contribution >= 4 is 23.3 Å². The molecule has 20 heavy (non-hydrogen) atoms. The zero-order chi connectivity index (χ0) is 13.9. The van der Waals surface area contributed by atoms with Crippen LogP contribution in [0.25, 0.3) is 0 Å². The molecule has 2 heterocycles. The molecule has 0 saturated heterocycles. The van der Waals surface area contributed by atoms with Gasteiger partial charge in [0.05, 0.1) is 6.54 Å². The highest BCUT2D eigenvalue weighted by Gasteiger charge is 2.22. The van der Waals surface area contributed by atoms with Crippen LogP contribution in [0, 0.1) is 0 Å². The van der Waals surface area contributed by atoms with Gasteiger partial charge < -0.3 is 5.32 Å². The Morgan fingerprint density at radius 2 is 2.00 bits per heavy atom. The van der Waals surface area contributed by atoms with E-state index in [-0.39, 0.29) is 5.91 Å². The topological polar surface area (TPSA) is 58.1 Å². The van der Waals surface area contributed by atoms with Gasteiger partial charge in [0.1, 0.15) is 17.3 Å². The van der Waals surface area contributed by atoms with Crippen LogP contribution in [0.4, 0.5) is 5.82 Å². The number of anilines is 1. The Labute approximate surface area is 121 Å². The molecule has 0 fully saturated rings. The first-order valence-corrected chi connectivity index (χ1v) is 6.65. The molecule has 0 saturated carbocycles. The Morgan fingerprint density at radius 3 is 2.80 bits per heavy atom. The highest BCUT2D eigenvalue weighted by Crippen LogP contribution is 2.24. The van der Waals surface area contributed by atoms with Gasteiger partial charge in [-0.05, 0) is 5.56 Å². The van der Waals surface area contributed by atoms with Crippen LogP contribution in [0.3, 0.4) is 0 Å². The summed E-state index contributed by atoms with van der Waals surface area (Å²) in [5.41, 5.74) is 1.91. The second-order valence-electron chi connectivity index (χ2n) is 4.67. The highest BCUT2D eigenvalue weighted by atomic mass is 35.5. The summed E-state index contributed by atoms with van der Waals surface area (Å²) in [5.74, 6) is 0.417. The first-order valence-electron chi connectivity index (χ1n) is 6.28. The van der Waals surface area contributed by atoms with E-state index < -0.39 is 0 Å². The third kappa shape index (κ3) is 2.79. The number of carbonyl (C=O) groups is 1. The maximum absolute atomic E-state index is 11.9. The molecule has 102 valence electrons. The van der Waals surface area contributed by atoms with Gasteiger partial charge in [0.25, 0.3) is 0 Å². The molecule has 0 aliphatic carbocycles. The van der Waals surface area contributed by atoms with Crippen LogP contribution in [0.5, 0.6) is 0 Å². The van der Waals surface area contributed by atoms with E-state index in [1.807, 2.05) is 35.2 Å². The van der Waals surface area contributed by atoms with Crippen LogP contribution in [-0.2, 0) is 17.9 Å². The Morgan fingerprint density at radius 1 is 1.20 bits per heavy atom. The fourth-order valence-electron chi connectivity index (χ4n) is 2.25. The van der Waals surface area contributed by atoms with Crippen molar-refractivity contribution in [3.05, 3.63) is 52.9 Å². The van der Waals surface area contributed by atoms with Gasteiger partial charge in [0, 0.05) is 18.7 Å². The molecule has 1 aliphatic rings. The van der Waals surface area contributed by atoms with Crippen molar-refractivity contribution in [2.75, 3.05) is 11.9 Å². The van der Waals surface area contributed by atoms with Crippen LogP contribution < -0.4 is 5.32 Å². The molecule has 5 nitrogen and oxygen atoms in total. The number of hydrogen-bond donors (Lipinski definition) is 1. The molecule has 1 amide bonds. The highest BCUT2D eigenvalue weighted by molar-refractivity contribution is 6.30. The van der Waals surface area contributed by atoms with Gasteiger partial charge in [-0.15, -0.1) is 0 Å². The van der Waals surface area contributed by atoms with Crippen LogP contribution >= 0.6 is 11.6 Å². The number of benzene rings is 1. The van der Waals surface area contributed by atoms with E-state index >= 15 is 0 Å². The average Bonchev–Trinajstić information content (AvgIpc) is 2.59. The number of hydrogen-bond acceptors (Lipinski definition) is 4. The molecule has 1 aromatic carbocycles. The van der Waals surface area contributed by atoms with Crippen LogP contribution in [0.15, 0.2) is 36.7 Å². The molecule has 0 bridgehead atoms. The minimum atomic E-state index is -0.0885. The van der Waals surface area contributed by atoms with Crippen molar-refractivity contribution in [2.24, 2.45) is 0 Å². The van der Waals surface area contributed by atoms with Crippen molar-refractivity contribution in [2.45, 2.75) is 13.1 Å². The summed E-state index contributed by atoms with van der Waals surface area (Å²) in [6.45, 7) is 1.53. The number of amides is 1. The summed E-state index contributed by atoms with van der Waals surface area (Å²) in [5, 5.41) is 3.15. The van der Waals surface area contributed by atoms with E-state index in [1.165, 1.54) is 6.33 Å². The Balaban J connectivity index is 1.87. The largest absolute Gasteiger partial charge is 0.309 e. The summed E-state index contributed by atoms with van der Waals surface area (Å²) >= 11 is 6.10. The van der Waals surface area contributed by atoms with E-state index in [0.29, 0.717) is 30.6 Å². The van der Waals surface area contributed by atoms with Crippen LogP contribution in [0.2, 0.25) is 5.15 Å². The fraction of sp³-hybridized carbons (Fsp3) is 0.214. The number of rotatable bonds is 2. The summed E-state index contributed by atoms with van der Waals surface area (Å²) in [4.78, 5) is 22.0. The summed E-state index contributed by atoms with van der Waals surface area (Å²) in [6, 6.07) is 10.0. The summed E-state index contributed by atoms with van der Waals surface area (Å²) in [7, 11) is 0. The predicted octanol–water partition coefficient (Wildman–Crippen LogP) is 2.08. The maximum atomic E-state index is 11.9. The van der Waals surface area contributed by atoms with Gasteiger partial charge in [0.15, 0.2) is 0 Å². The molecule has 0 atom stereocenters. The van der Waals surface area contributed by atoms with E-state index in [9.17, 15) is 4.79 Å². The van der Waals surface area contributed by atoms with E-state index in [2.05, 4.69) is 15.3 Å². The number of nitrogens with one attached hydrogen (secondary N) is 1. The van der Waals surface area contributed by atoms with Crippen LogP contribution in [-0.4, -0.2) is 27.3 Å². The van der Waals surface area contributed by atoms with Crippen molar-refractivity contribution in [3.63, 3.8) is 0 Å². The van der Waals surface area contributed by atoms with Gasteiger partial charge in [-0.2, -0.15) is 0 Å². The van der Waals surface area contributed by atoms with E-state index in [1.54, 1.807) is 0 Å². The van der Waals surface area contributed by atoms with E-state index in [4.69, 9.17) is 11.6 Å². The first kappa shape index (κ1) is 13.0. The molecule has 6 heteroatoms. The molecule has 3 rings (SSSR count). The summed E-state index contributed by atoms with van der Waals surface area (Å²) in [6.07, 6.45) is 1.36. The molecule has 0 radical (unpaired) electrons. The fourth-order valence-corrected chi connectivity index (χ4v) is 2.44. The lowest BCUT2D eigenvalue weighted by atomic mass is 10.2. The van der Waals surface area contributed by atoms with Gasteiger partial charge >= 0.3 is 0 Å². The maximum Gasteiger partial charge on any atom is 0.239 e. The zero-order valence-corrected chi connectivity index (χ0v) is 11.5. The lowest BCUT2D eigenvalue weighted by Gasteiger charge is -2.19. The third-order valence-corrected chi connectivity index (χ3v) is 3.47. The normalized spacial score (nSPS) is 15.3. The average molecular weight is 289 g/mol. The lowest BCUT2D eigenvalue weighted by molar-refractivity contribution is -0.117. The second kappa shape index (κ2) is 5.56. The van der Waals surface area contributed by atoms with Crippen molar-refractivity contribution in [3.8, 4) is 0 Å². The Hall–Kier alpha value is -1.98. The number of nitrogens with zero attached hydrogens (tertiary/aromatic N) is 3. The number of fused-ring (bicyclic) bond motifs is 1. The van der Waals surface area contributed by atoms with Gasteiger partial charge in [0.2, 0.25) is 5.91 Å². The minimum Gasteiger partial charge on any atom is -0.309 e. The molecule has 1 N–H and O–H groups in total. The first-order chi connectivity index (χ1) is 9.72. The molecule has 0 spiro atoms. The summed E-state index contributed by atoms with van der Waals surface area (Å²) < 4.78 is 0. The van der Waals surface area contributed by atoms with Crippen molar-refractivity contribution in [1.29, 1.82) is 0 Å². The predicted molar refractivity (Wildman–Crippen MR) is 76.2 cm³/mol. The standard InChI is InChI=1S/C14H13ClN4O/c15-13-11-7-19(6-10-4-2-1-3-5-10)8-12(20)18-14(11)17-9-16-13/h1-5,9H,6-8H2,(H,16,17,18,20). The quantitative estimate of drug-likeness (QED) is 0.860. The Bertz CT molecular complexity index is 632. The van der Waals surface area contributed by atoms with E-state index in [0.717, 1.165) is 11.1 Å². The molecule has 1 aliphatic heterocycles. The molecular formula is C14H13ClN4O. The number of halogens is 1. The molecular weight excluding hydrogens is 276 g/mol. The Kier molecular flexibility index (Phi) is 3.62. The molecule has 1 aromatic heterocycles. The number of aromatic nitrogens is 2. The number of carbonyl (C=O) groups excluding carboxylic acids is 1. The second-order valence-corrected chi connectivity index (χ2v) is 5.03. The van der Waals surface area contributed by atoms with Crippen molar-refractivity contribution < 1.29 is 4.79 Å². The third-order valence-electron chi connectivity index (χ3n) is 3.15. The van der Waals surface area contributed by atoms with Gasteiger partial charge in [-0.3, -0.25) is 9.69 Å². The zero-order valence-electron chi connectivity index (χ0n) is 10.7. The lowest BCUT2D eigenvalue weighted by Crippen LogP contribution is -2.29. The SMILES string of the molecule is O=C1CN(Cc2ccccc2)Cc2c(Cl)ncnc2N1. The van der Waals surface area contributed by atoms with Gasteiger partial charge in [-0.25, -0.2) is 9.97 Å². The monoisotopic (exact) mass is 288 g/mol. The van der Waals surface area contributed by atoms with Crippen LogP contribution in [0.1, 0.15) is 11.1 Å². The molecule has 0 unspecified atom stereocenters. The smallest absolute Gasteiger partial charge is 0.239 e.